The molecule has 1 fully saturated rings. The number of rotatable bonds is 2. The van der Waals surface area contributed by atoms with Gasteiger partial charge in [0, 0.05) is 11.3 Å². The maximum atomic E-state index is 4.80. The molecule has 1 aromatic heterocycles. The predicted octanol–water partition coefficient (Wildman–Crippen LogP) is 2.17. The third-order valence-corrected chi connectivity index (χ3v) is 4.70. The number of nitrogens with zero attached hydrogens (tertiary/aromatic N) is 1. The molecule has 1 N–H and O–H groups in total. The quantitative estimate of drug-likeness (QED) is 0.829. The lowest BCUT2D eigenvalue weighted by molar-refractivity contribution is 0.576. The van der Waals surface area contributed by atoms with E-state index in [9.17, 15) is 0 Å². The zero-order valence-electron chi connectivity index (χ0n) is 9.09. The highest BCUT2D eigenvalue weighted by molar-refractivity contribution is 7.11. The number of nitrogens with one attached hydrogen (secondary N) is 1. The smallest absolute Gasteiger partial charge is 0.0934 e. The topological polar surface area (TPSA) is 24.9 Å². The summed E-state index contributed by atoms with van der Waals surface area (Å²) in [6.45, 7) is 2.40. The van der Waals surface area contributed by atoms with Gasteiger partial charge >= 0.3 is 0 Å². The number of fused-ring (bicyclic) bond motifs is 1. The van der Waals surface area contributed by atoms with Gasteiger partial charge in [-0.05, 0) is 51.1 Å². The van der Waals surface area contributed by atoms with Gasteiger partial charge in [0.05, 0.1) is 10.7 Å². The van der Waals surface area contributed by atoms with Gasteiger partial charge in [0.15, 0.2) is 0 Å². The molecule has 0 amide bonds. The molecule has 3 rings (SSSR count). The van der Waals surface area contributed by atoms with E-state index in [0.29, 0.717) is 0 Å². The Kier molecular flexibility index (Phi) is 2.76. The first-order chi connectivity index (χ1) is 7.42. The summed E-state index contributed by atoms with van der Waals surface area (Å²) in [4.78, 5) is 6.39. The molecule has 3 heteroatoms. The minimum absolute atomic E-state index is 0.845. The van der Waals surface area contributed by atoms with Crippen molar-refractivity contribution in [2.45, 2.75) is 38.5 Å². The van der Waals surface area contributed by atoms with E-state index in [2.05, 4.69) is 5.32 Å². The molecule has 2 nitrogen and oxygen atoms in total. The van der Waals surface area contributed by atoms with Gasteiger partial charge in [-0.2, -0.15) is 0 Å². The van der Waals surface area contributed by atoms with Crippen molar-refractivity contribution in [2.24, 2.45) is 5.92 Å². The third-order valence-electron chi connectivity index (χ3n) is 3.52. The lowest BCUT2D eigenvalue weighted by Gasteiger charge is -2.06. The highest BCUT2D eigenvalue weighted by Gasteiger charge is 2.19. The molecule has 1 aliphatic carbocycles. The molecule has 0 bridgehead atoms. The second kappa shape index (κ2) is 4.22. The van der Waals surface area contributed by atoms with Gasteiger partial charge in [0.1, 0.15) is 0 Å². The second-order valence-corrected chi connectivity index (χ2v) is 5.92. The first-order valence-electron chi connectivity index (χ1n) is 6.10. The SMILES string of the molecule is C1CCc2sc(CC3CCNC3)nc2C1. The first-order valence-corrected chi connectivity index (χ1v) is 6.91. The fourth-order valence-electron chi connectivity index (χ4n) is 2.63. The number of aryl methyl sites for hydroxylation is 2. The van der Waals surface area contributed by atoms with Crippen LogP contribution in [0.2, 0.25) is 0 Å². The van der Waals surface area contributed by atoms with E-state index in [4.69, 9.17) is 4.98 Å². The average Bonchev–Trinajstić information content (AvgIpc) is 2.86. The molecular formula is C12H18N2S. The fraction of sp³-hybridized carbons (Fsp3) is 0.750. The van der Waals surface area contributed by atoms with E-state index >= 15 is 0 Å². The van der Waals surface area contributed by atoms with Crippen LogP contribution in [0.15, 0.2) is 0 Å². The summed E-state index contributed by atoms with van der Waals surface area (Å²) in [6, 6.07) is 0. The molecule has 2 aliphatic rings. The lowest BCUT2D eigenvalue weighted by atomic mass is 10.0. The maximum absolute atomic E-state index is 4.80. The molecule has 1 aliphatic heterocycles. The van der Waals surface area contributed by atoms with Crippen LogP contribution in [0.3, 0.4) is 0 Å². The number of thiazole rings is 1. The van der Waals surface area contributed by atoms with E-state index in [-0.39, 0.29) is 0 Å². The molecule has 2 heterocycles. The van der Waals surface area contributed by atoms with Crippen LogP contribution < -0.4 is 5.32 Å². The lowest BCUT2D eigenvalue weighted by Crippen LogP contribution is -2.10. The third kappa shape index (κ3) is 2.08. The van der Waals surface area contributed by atoms with Gasteiger partial charge in [-0.3, -0.25) is 0 Å². The Morgan fingerprint density at radius 2 is 2.27 bits per heavy atom. The second-order valence-electron chi connectivity index (χ2n) is 4.75. The highest BCUT2D eigenvalue weighted by atomic mass is 32.1. The van der Waals surface area contributed by atoms with Crippen molar-refractivity contribution in [3.05, 3.63) is 15.6 Å². The Hall–Kier alpha value is -0.410. The molecule has 82 valence electrons. The molecule has 0 radical (unpaired) electrons. The summed E-state index contributed by atoms with van der Waals surface area (Å²) < 4.78 is 0. The van der Waals surface area contributed by atoms with Crippen molar-refractivity contribution < 1.29 is 0 Å². The van der Waals surface area contributed by atoms with Crippen molar-refractivity contribution >= 4 is 11.3 Å². The Bertz CT molecular complexity index is 316. The van der Waals surface area contributed by atoms with Crippen molar-refractivity contribution in [2.75, 3.05) is 13.1 Å². The molecule has 1 aromatic rings. The molecule has 1 saturated heterocycles. The van der Waals surface area contributed by atoms with Crippen LogP contribution in [0, 0.1) is 5.92 Å². The van der Waals surface area contributed by atoms with E-state index < -0.39 is 0 Å². The molecule has 15 heavy (non-hydrogen) atoms. The summed E-state index contributed by atoms with van der Waals surface area (Å²) in [7, 11) is 0. The zero-order valence-corrected chi connectivity index (χ0v) is 9.91. The van der Waals surface area contributed by atoms with Gasteiger partial charge in [-0.25, -0.2) is 4.98 Å². The van der Waals surface area contributed by atoms with Crippen LogP contribution in [0.25, 0.3) is 0 Å². The summed E-state index contributed by atoms with van der Waals surface area (Å²) in [5, 5.41) is 4.83. The van der Waals surface area contributed by atoms with E-state index in [1.165, 1.54) is 62.3 Å². The average molecular weight is 222 g/mol. The van der Waals surface area contributed by atoms with Crippen molar-refractivity contribution in [3.8, 4) is 0 Å². The van der Waals surface area contributed by atoms with Crippen LogP contribution in [0.5, 0.6) is 0 Å². The highest BCUT2D eigenvalue weighted by Crippen LogP contribution is 2.28. The van der Waals surface area contributed by atoms with Crippen LogP contribution >= 0.6 is 11.3 Å². The largest absolute Gasteiger partial charge is 0.316 e. The monoisotopic (exact) mass is 222 g/mol. The normalized spacial score (nSPS) is 25.5. The van der Waals surface area contributed by atoms with Gasteiger partial charge in [0.25, 0.3) is 0 Å². The maximum Gasteiger partial charge on any atom is 0.0934 e. The van der Waals surface area contributed by atoms with Crippen LogP contribution in [-0.2, 0) is 19.3 Å². The first kappa shape index (κ1) is 9.79. The van der Waals surface area contributed by atoms with E-state index in [1.807, 2.05) is 11.3 Å². The molecule has 0 aromatic carbocycles. The van der Waals surface area contributed by atoms with Gasteiger partial charge < -0.3 is 5.32 Å². The van der Waals surface area contributed by atoms with Crippen molar-refractivity contribution in [1.29, 1.82) is 0 Å². The summed E-state index contributed by atoms with van der Waals surface area (Å²) in [5.41, 5.74) is 1.42. The van der Waals surface area contributed by atoms with Crippen LogP contribution in [-0.4, -0.2) is 18.1 Å². The molecule has 0 saturated carbocycles. The minimum Gasteiger partial charge on any atom is -0.316 e. The summed E-state index contributed by atoms with van der Waals surface area (Å²) >= 11 is 1.98. The van der Waals surface area contributed by atoms with Gasteiger partial charge in [-0.15, -0.1) is 11.3 Å². The minimum atomic E-state index is 0.845. The number of aromatic nitrogens is 1. The van der Waals surface area contributed by atoms with Crippen LogP contribution in [0.4, 0.5) is 0 Å². The zero-order chi connectivity index (χ0) is 10.1. The molecular weight excluding hydrogens is 204 g/mol. The summed E-state index contributed by atoms with van der Waals surface area (Å²) in [5.74, 6) is 0.845. The van der Waals surface area contributed by atoms with Crippen molar-refractivity contribution in [1.82, 2.24) is 10.3 Å². The Morgan fingerprint density at radius 1 is 1.33 bits per heavy atom. The Labute approximate surface area is 95.1 Å². The number of hydrogen-bond acceptors (Lipinski definition) is 3. The standard InChI is InChI=1S/C12H18N2S/c1-2-4-11-10(3-1)14-12(15-11)7-9-5-6-13-8-9/h9,13H,1-8H2. The molecule has 1 unspecified atom stereocenters. The summed E-state index contributed by atoms with van der Waals surface area (Å²) in [6.07, 6.45) is 7.79. The molecule has 1 atom stereocenters. The Balaban J connectivity index is 1.72. The fourth-order valence-corrected chi connectivity index (χ4v) is 3.90. The Morgan fingerprint density at radius 3 is 3.07 bits per heavy atom. The van der Waals surface area contributed by atoms with Gasteiger partial charge in [-0.1, -0.05) is 0 Å². The predicted molar refractivity (Wildman–Crippen MR) is 63.4 cm³/mol. The number of hydrogen-bond donors (Lipinski definition) is 1. The van der Waals surface area contributed by atoms with Gasteiger partial charge in [0.2, 0.25) is 0 Å². The van der Waals surface area contributed by atoms with E-state index in [1.54, 1.807) is 4.88 Å². The van der Waals surface area contributed by atoms with E-state index in [0.717, 1.165) is 5.92 Å². The van der Waals surface area contributed by atoms with Crippen molar-refractivity contribution in [3.63, 3.8) is 0 Å². The molecule has 0 spiro atoms. The van der Waals surface area contributed by atoms with Crippen LogP contribution in [0.1, 0.15) is 34.8 Å².